The summed E-state index contributed by atoms with van der Waals surface area (Å²) in [4.78, 5) is 7.34. The van der Waals surface area contributed by atoms with Crippen LogP contribution in [0.3, 0.4) is 0 Å². The Bertz CT molecular complexity index is 3330. The number of rotatable bonds is 5. The molecular weight excluding hydrogens is 681 g/mol. The Hall–Kier alpha value is -7.57. The Morgan fingerprint density at radius 2 is 0.873 bits per heavy atom. The average molecular weight is 709 g/mol. The molecule has 0 spiro atoms. The van der Waals surface area contributed by atoms with Crippen LogP contribution in [0.1, 0.15) is 0 Å². The summed E-state index contributed by atoms with van der Waals surface area (Å²) in [5.74, 6) is 0.569. The number of fused-ring (bicyclic) bond motifs is 11. The van der Waals surface area contributed by atoms with Gasteiger partial charge in [-0.25, -0.2) is 4.98 Å². The van der Waals surface area contributed by atoms with E-state index >= 15 is 0 Å². The van der Waals surface area contributed by atoms with Crippen molar-refractivity contribution in [3.05, 3.63) is 170 Å². The van der Waals surface area contributed by atoms with Crippen molar-refractivity contribution in [1.29, 1.82) is 0 Å². The molecule has 8 aromatic carbocycles. The lowest BCUT2D eigenvalue weighted by Gasteiger charge is -2.25. The molecule has 0 N–H and O–H groups in total. The van der Waals surface area contributed by atoms with Crippen LogP contribution < -0.4 is 4.90 Å². The predicted molar refractivity (Wildman–Crippen MR) is 221 cm³/mol. The van der Waals surface area contributed by atoms with Gasteiger partial charge in [-0.2, -0.15) is 0 Å². The highest BCUT2D eigenvalue weighted by molar-refractivity contribution is 6.19. The van der Waals surface area contributed by atoms with Crippen molar-refractivity contribution < 1.29 is 17.7 Å². The summed E-state index contributed by atoms with van der Waals surface area (Å²) in [6.07, 6.45) is 0. The molecule has 12 rings (SSSR count). The van der Waals surface area contributed by atoms with Crippen molar-refractivity contribution in [3.63, 3.8) is 0 Å². The van der Waals surface area contributed by atoms with Crippen LogP contribution in [0.4, 0.5) is 17.1 Å². The van der Waals surface area contributed by atoms with Gasteiger partial charge in [0.25, 0.3) is 0 Å². The Labute approximate surface area is 313 Å². The number of hydrogen-bond acceptors (Lipinski definition) is 6. The van der Waals surface area contributed by atoms with Crippen LogP contribution in [0.5, 0.6) is 0 Å². The Morgan fingerprint density at radius 1 is 0.364 bits per heavy atom. The van der Waals surface area contributed by atoms with Crippen molar-refractivity contribution >= 4 is 94.0 Å². The van der Waals surface area contributed by atoms with Crippen molar-refractivity contribution in [2.45, 2.75) is 0 Å². The molecule has 0 unspecified atom stereocenters. The second-order valence-corrected chi connectivity index (χ2v) is 13.9. The fourth-order valence-corrected chi connectivity index (χ4v) is 8.14. The first-order valence-corrected chi connectivity index (χ1v) is 18.3. The molecule has 6 heteroatoms. The number of anilines is 3. The maximum atomic E-state index is 6.59. The van der Waals surface area contributed by atoms with Crippen molar-refractivity contribution in [2.24, 2.45) is 0 Å². The van der Waals surface area contributed by atoms with E-state index in [1.807, 2.05) is 84.9 Å². The van der Waals surface area contributed by atoms with Gasteiger partial charge < -0.3 is 22.6 Å². The van der Waals surface area contributed by atoms with Gasteiger partial charge >= 0.3 is 0 Å². The highest BCUT2D eigenvalue weighted by Crippen LogP contribution is 2.44. The van der Waals surface area contributed by atoms with Crippen LogP contribution in [0.25, 0.3) is 99.5 Å². The fraction of sp³-hybridized carbons (Fsp3) is 0. The van der Waals surface area contributed by atoms with Gasteiger partial charge in [-0.15, -0.1) is 0 Å². The standard InChI is InChI=1S/C49H28N2O4/c1-2-10-30(11-3-1)49-50-47-39(28-45-46(48(47)55-49)38-14-6-9-17-42(38)54-45)29-18-20-31(21-19-29)51(32-22-24-36-34-12-4-7-15-40(34)52-43(36)26-32)33-23-25-37-35-13-5-8-16-41(35)53-44(37)27-33/h1-28H. The normalized spacial score (nSPS) is 12.0. The van der Waals surface area contributed by atoms with Gasteiger partial charge in [0, 0.05) is 67.3 Å². The fourth-order valence-electron chi connectivity index (χ4n) is 8.14. The first kappa shape index (κ1) is 29.9. The lowest BCUT2D eigenvalue weighted by molar-refractivity contribution is 0.622. The largest absolute Gasteiger partial charge is 0.456 e. The predicted octanol–water partition coefficient (Wildman–Crippen LogP) is 14.3. The summed E-state index contributed by atoms with van der Waals surface area (Å²) in [7, 11) is 0. The van der Waals surface area contributed by atoms with Crippen LogP contribution in [0, 0.1) is 0 Å². The summed E-state index contributed by atoms with van der Waals surface area (Å²) < 4.78 is 25.7. The summed E-state index contributed by atoms with van der Waals surface area (Å²) >= 11 is 0. The van der Waals surface area contributed by atoms with Crippen LogP contribution in [-0.4, -0.2) is 4.98 Å². The maximum absolute atomic E-state index is 6.59. The van der Waals surface area contributed by atoms with Gasteiger partial charge in [-0.1, -0.05) is 84.9 Å². The van der Waals surface area contributed by atoms with E-state index < -0.39 is 0 Å². The third-order valence-electron chi connectivity index (χ3n) is 10.7. The van der Waals surface area contributed by atoms with Crippen molar-refractivity contribution in [3.8, 4) is 22.6 Å². The van der Waals surface area contributed by atoms with E-state index in [-0.39, 0.29) is 0 Å². The van der Waals surface area contributed by atoms with Gasteiger partial charge in [-0.05, 0) is 78.4 Å². The molecule has 0 saturated heterocycles. The van der Waals surface area contributed by atoms with Crippen LogP contribution in [0.2, 0.25) is 0 Å². The molecule has 0 aliphatic heterocycles. The van der Waals surface area contributed by atoms with Crippen LogP contribution >= 0.6 is 0 Å². The van der Waals surface area contributed by atoms with Crippen LogP contribution in [-0.2, 0) is 0 Å². The van der Waals surface area contributed by atoms with Gasteiger partial charge in [0.05, 0.1) is 5.39 Å². The molecule has 55 heavy (non-hydrogen) atoms. The smallest absolute Gasteiger partial charge is 0.227 e. The molecule has 0 aliphatic rings. The third kappa shape index (κ3) is 4.58. The molecule has 0 saturated carbocycles. The second kappa shape index (κ2) is 11.5. The van der Waals surface area contributed by atoms with Gasteiger partial charge in [-0.3, -0.25) is 0 Å². The highest BCUT2D eigenvalue weighted by atomic mass is 16.4. The molecule has 4 heterocycles. The molecule has 0 aliphatic carbocycles. The zero-order chi connectivity index (χ0) is 36.0. The van der Waals surface area contributed by atoms with E-state index in [2.05, 4.69) is 89.8 Å². The van der Waals surface area contributed by atoms with Crippen molar-refractivity contribution in [2.75, 3.05) is 4.90 Å². The number of benzene rings is 8. The molecule has 4 aromatic heterocycles. The number of nitrogens with zero attached hydrogens (tertiary/aromatic N) is 2. The Morgan fingerprint density at radius 3 is 1.51 bits per heavy atom. The first-order chi connectivity index (χ1) is 27.2. The number of furan rings is 3. The van der Waals surface area contributed by atoms with Crippen molar-refractivity contribution in [1.82, 2.24) is 4.98 Å². The highest BCUT2D eigenvalue weighted by Gasteiger charge is 2.22. The molecule has 0 atom stereocenters. The molecule has 0 bridgehead atoms. The third-order valence-corrected chi connectivity index (χ3v) is 10.7. The molecule has 0 fully saturated rings. The van der Waals surface area contributed by atoms with E-state index in [1.165, 1.54) is 0 Å². The lowest BCUT2D eigenvalue weighted by Crippen LogP contribution is -2.09. The summed E-state index contributed by atoms with van der Waals surface area (Å²) in [6.45, 7) is 0. The van der Waals surface area contributed by atoms with Gasteiger partial charge in [0.2, 0.25) is 5.89 Å². The first-order valence-electron chi connectivity index (χ1n) is 18.3. The van der Waals surface area contributed by atoms with Gasteiger partial charge in [0.15, 0.2) is 5.58 Å². The Balaban J connectivity index is 1.04. The minimum Gasteiger partial charge on any atom is -0.456 e. The van der Waals surface area contributed by atoms with Crippen LogP contribution in [0.15, 0.2) is 188 Å². The second-order valence-electron chi connectivity index (χ2n) is 13.9. The number of aromatic nitrogens is 1. The quantitative estimate of drug-likeness (QED) is 0.177. The summed E-state index contributed by atoms with van der Waals surface area (Å²) in [5.41, 5.74) is 12.2. The lowest BCUT2D eigenvalue weighted by atomic mass is 10.0. The Kier molecular flexibility index (Phi) is 6.24. The molecule has 258 valence electrons. The SMILES string of the molecule is c1ccc(-c2nc3c(-c4ccc(N(c5ccc6c(c5)oc5ccccc56)c5ccc6c(c5)oc5ccccc56)cc4)cc4oc5ccccc5c4c3o2)cc1. The molecular formula is C49H28N2O4. The number of oxazole rings is 1. The van der Waals surface area contributed by atoms with E-state index in [0.717, 1.165) is 105 Å². The van der Waals surface area contributed by atoms with E-state index in [0.29, 0.717) is 11.5 Å². The van der Waals surface area contributed by atoms with E-state index in [4.69, 9.17) is 22.7 Å². The molecule has 0 amide bonds. The van der Waals surface area contributed by atoms with E-state index in [9.17, 15) is 0 Å². The molecule has 6 nitrogen and oxygen atoms in total. The maximum Gasteiger partial charge on any atom is 0.227 e. The number of hydrogen-bond donors (Lipinski definition) is 0. The zero-order valence-corrected chi connectivity index (χ0v) is 29.2. The van der Waals surface area contributed by atoms with Gasteiger partial charge in [0.1, 0.15) is 39.0 Å². The summed E-state index contributed by atoms with van der Waals surface area (Å²) in [6, 6.07) is 57.9. The minimum absolute atomic E-state index is 0.569. The average Bonchev–Trinajstić information content (AvgIpc) is 4.02. The zero-order valence-electron chi connectivity index (χ0n) is 29.2. The van der Waals surface area contributed by atoms with E-state index in [1.54, 1.807) is 0 Å². The molecule has 0 radical (unpaired) electrons. The molecule has 12 aromatic rings. The monoisotopic (exact) mass is 708 g/mol. The summed E-state index contributed by atoms with van der Waals surface area (Å²) in [5, 5.41) is 6.27. The number of para-hydroxylation sites is 3. The topological polar surface area (TPSA) is 68.7 Å². The minimum atomic E-state index is 0.569.